The maximum absolute atomic E-state index is 10.0. The third-order valence-electron chi connectivity index (χ3n) is 3.34. The minimum Gasteiger partial charge on any atom is -0.389 e. The van der Waals surface area contributed by atoms with Gasteiger partial charge in [0.15, 0.2) is 0 Å². The third kappa shape index (κ3) is 3.09. The fourth-order valence-electron chi connectivity index (χ4n) is 2.45. The molecule has 0 amide bonds. The molecule has 108 valence electrons. The standard InChI is InChI=1S/C17H17ClN2O/c1-17(2,21)10-20-11-19-15-7-6-13(9-16(15)20)12-4-3-5-14(18)8-12/h3-9,11,21H,10H2,1-2H3. The zero-order chi connectivity index (χ0) is 15.0. The summed E-state index contributed by atoms with van der Waals surface area (Å²) in [5.74, 6) is 0. The molecule has 21 heavy (non-hydrogen) atoms. The van der Waals surface area contributed by atoms with Gasteiger partial charge in [-0.1, -0.05) is 29.8 Å². The number of halogens is 1. The van der Waals surface area contributed by atoms with Crippen molar-refractivity contribution in [2.75, 3.05) is 0 Å². The minimum atomic E-state index is -0.778. The van der Waals surface area contributed by atoms with Crippen molar-refractivity contribution in [3.63, 3.8) is 0 Å². The molecular weight excluding hydrogens is 284 g/mol. The van der Waals surface area contributed by atoms with E-state index in [1.807, 2.05) is 41.0 Å². The summed E-state index contributed by atoms with van der Waals surface area (Å²) in [6, 6.07) is 13.9. The summed E-state index contributed by atoms with van der Waals surface area (Å²) in [6.45, 7) is 4.09. The van der Waals surface area contributed by atoms with E-state index in [2.05, 4.69) is 11.1 Å². The first-order valence-corrected chi connectivity index (χ1v) is 7.23. The Morgan fingerprint density at radius 1 is 1.14 bits per heavy atom. The Labute approximate surface area is 128 Å². The summed E-state index contributed by atoms with van der Waals surface area (Å²) in [5, 5.41) is 10.7. The second-order valence-corrected chi connectivity index (χ2v) is 6.34. The number of rotatable bonds is 3. The van der Waals surface area contributed by atoms with Crippen molar-refractivity contribution in [2.24, 2.45) is 0 Å². The van der Waals surface area contributed by atoms with Crippen LogP contribution < -0.4 is 0 Å². The largest absolute Gasteiger partial charge is 0.389 e. The highest BCUT2D eigenvalue weighted by molar-refractivity contribution is 6.30. The number of benzene rings is 2. The van der Waals surface area contributed by atoms with Gasteiger partial charge in [-0.2, -0.15) is 0 Å². The summed E-state index contributed by atoms with van der Waals surface area (Å²) in [6.07, 6.45) is 1.77. The Morgan fingerprint density at radius 2 is 1.90 bits per heavy atom. The Morgan fingerprint density at radius 3 is 2.62 bits per heavy atom. The Balaban J connectivity index is 2.08. The molecule has 2 aromatic carbocycles. The Hall–Kier alpha value is -1.84. The number of hydrogen-bond donors (Lipinski definition) is 1. The molecule has 4 heteroatoms. The normalized spacial score (nSPS) is 12.0. The van der Waals surface area contributed by atoms with Crippen molar-refractivity contribution in [3.8, 4) is 11.1 Å². The van der Waals surface area contributed by atoms with Crippen LogP contribution in [0.25, 0.3) is 22.2 Å². The first kappa shape index (κ1) is 14.1. The maximum atomic E-state index is 10.0. The highest BCUT2D eigenvalue weighted by Crippen LogP contribution is 2.26. The van der Waals surface area contributed by atoms with Gasteiger partial charge in [0.25, 0.3) is 0 Å². The molecule has 0 aliphatic heterocycles. The maximum Gasteiger partial charge on any atom is 0.0959 e. The highest BCUT2D eigenvalue weighted by Gasteiger charge is 2.15. The number of aromatic nitrogens is 2. The topological polar surface area (TPSA) is 38.0 Å². The molecule has 0 bridgehead atoms. The van der Waals surface area contributed by atoms with Crippen LogP contribution in [0.2, 0.25) is 5.02 Å². The van der Waals surface area contributed by atoms with Crippen LogP contribution in [0.15, 0.2) is 48.8 Å². The lowest BCUT2D eigenvalue weighted by Crippen LogP contribution is -2.25. The van der Waals surface area contributed by atoms with Gasteiger partial charge in [-0.3, -0.25) is 0 Å². The van der Waals surface area contributed by atoms with Gasteiger partial charge in [0.05, 0.1) is 29.5 Å². The van der Waals surface area contributed by atoms with Crippen molar-refractivity contribution >= 4 is 22.6 Å². The van der Waals surface area contributed by atoms with E-state index in [4.69, 9.17) is 11.6 Å². The smallest absolute Gasteiger partial charge is 0.0959 e. The average molecular weight is 301 g/mol. The number of nitrogens with zero attached hydrogens (tertiary/aromatic N) is 2. The molecule has 3 nitrogen and oxygen atoms in total. The molecule has 0 atom stereocenters. The van der Waals surface area contributed by atoms with Gasteiger partial charge in [0, 0.05) is 5.02 Å². The third-order valence-corrected chi connectivity index (χ3v) is 3.57. The van der Waals surface area contributed by atoms with E-state index >= 15 is 0 Å². The number of fused-ring (bicyclic) bond motifs is 1. The van der Waals surface area contributed by atoms with Gasteiger partial charge in [0.2, 0.25) is 0 Å². The van der Waals surface area contributed by atoms with Crippen LogP contribution >= 0.6 is 11.6 Å². The molecule has 0 fully saturated rings. The van der Waals surface area contributed by atoms with Crippen LogP contribution in [-0.2, 0) is 6.54 Å². The van der Waals surface area contributed by atoms with Crippen molar-refractivity contribution in [1.29, 1.82) is 0 Å². The van der Waals surface area contributed by atoms with Gasteiger partial charge >= 0.3 is 0 Å². The molecule has 0 saturated carbocycles. The van der Waals surface area contributed by atoms with Crippen LogP contribution in [0.3, 0.4) is 0 Å². The predicted octanol–water partition coefficient (Wildman–Crippen LogP) is 4.13. The lowest BCUT2D eigenvalue weighted by atomic mass is 10.0. The molecule has 0 saturated heterocycles. The zero-order valence-electron chi connectivity index (χ0n) is 12.0. The van der Waals surface area contributed by atoms with E-state index in [0.29, 0.717) is 6.54 Å². The Bertz CT molecular complexity index is 787. The van der Waals surface area contributed by atoms with E-state index in [1.54, 1.807) is 20.2 Å². The first-order chi connectivity index (χ1) is 9.92. The lowest BCUT2D eigenvalue weighted by molar-refractivity contribution is 0.0627. The molecule has 1 aromatic heterocycles. The quantitative estimate of drug-likeness (QED) is 0.790. The van der Waals surface area contributed by atoms with E-state index in [1.165, 1.54) is 0 Å². The van der Waals surface area contributed by atoms with Crippen molar-refractivity contribution < 1.29 is 5.11 Å². The van der Waals surface area contributed by atoms with Crippen LogP contribution in [0.5, 0.6) is 0 Å². The zero-order valence-corrected chi connectivity index (χ0v) is 12.8. The minimum absolute atomic E-state index is 0.502. The van der Waals surface area contributed by atoms with Crippen LogP contribution in [-0.4, -0.2) is 20.3 Å². The van der Waals surface area contributed by atoms with E-state index in [9.17, 15) is 5.11 Å². The Kier molecular flexibility index (Phi) is 3.47. The molecule has 1 N–H and O–H groups in total. The molecule has 0 aliphatic carbocycles. The van der Waals surface area contributed by atoms with Crippen molar-refractivity contribution in [3.05, 3.63) is 53.8 Å². The SMILES string of the molecule is CC(C)(O)Cn1cnc2ccc(-c3cccc(Cl)c3)cc21. The summed E-state index contributed by atoms with van der Waals surface area (Å²) in [4.78, 5) is 4.38. The fraction of sp³-hybridized carbons (Fsp3) is 0.235. The molecule has 0 spiro atoms. The summed E-state index contributed by atoms with van der Waals surface area (Å²) < 4.78 is 1.98. The van der Waals surface area contributed by atoms with Gasteiger partial charge in [0.1, 0.15) is 0 Å². The predicted molar refractivity (Wildman–Crippen MR) is 86.5 cm³/mol. The summed E-state index contributed by atoms with van der Waals surface area (Å²) in [7, 11) is 0. The van der Waals surface area contributed by atoms with Gasteiger partial charge in [-0.25, -0.2) is 4.98 Å². The summed E-state index contributed by atoms with van der Waals surface area (Å²) in [5.41, 5.74) is 3.31. The molecule has 3 rings (SSSR count). The van der Waals surface area contributed by atoms with E-state index in [0.717, 1.165) is 27.2 Å². The second kappa shape index (κ2) is 5.17. The molecule has 0 aliphatic rings. The average Bonchev–Trinajstić information content (AvgIpc) is 2.79. The number of aliphatic hydroxyl groups is 1. The second-order valence-electron chi connectivity index (χ2n) is 5.90. The molecular formula is C17H17ClN2O. The van der Waals surface area contributed by atoms with Gasteiger partial charge < -0.3 is 9.67 Å². The van der Waals surface area contributed by atoms with Gasteiger partial charge in [-0.05, 0) is 49.2 Å². The molecule has 0 unspecified atom stereocenters. The van der Waals surface area contributed by atoms with Crippen molar-refractivity contribution in [1.82, 2.24) is 9.55 Å². The van der Waals surface area contributed by atoms with E-state index < -0.39 is 5.60 Å². The monoisotopic (exact) mass is 300 g/mol. The van der Waals surface area contributed by atoms with E-state index in [-0.39, 0.29) is 0 Å². The molecule has 0 radical (unpaired) electrons. The first-order valence-electron chi connectivity index (χ1n) is 6.86. The lowest BCUT2D eigenvalue weighted by Gasteiger charge is -2.18. The van der Waals surface area contributed by atoms with Crippen LogP contribution in [0.1, 0.15) is 13.8 Å². The molecule has 1 heterocycles. The number of hydrogen-bond acceptors (Lipinski definition) is 2. The van der Waals surface area contributed by atoms with Gasteiger partial charge in [-0.15, -0.1) is 0 Å². The van der Waals surface area contributed by atoms with Crippen LogP contribution in [0, 0.1) is 0 Å². The molecule has 3 aromatic rings. The fourth-order valence-corrected chi connectivity index (χ4v) is 2.64. The number of imidazole rings is 1. The highest BCUT2D eigenvalue weighted by atomic mass is 35.5. The van der Waals surface area contributed by atoms with Crippen LogP contribution in [0.4, 0.5) is 0 Å². The summed E-state index contributed by atoms with van der Waals surface area (Å²) >= 11 is 6.06. The van der Waals surface area contributed by atoms with Crippen molar-refractivity contribution in [2.45, 2.75) is 26.0 Å².